The number of nitrogens with one attached hydrogen (secondary N) is 1. The fraction of sp³-hybridized carbons (Fsp3) is 0.310. The zero-order chi connectivity index (χ0) is 26.6. The quantitative estimate of drug-likeness (QED) is 0.429. The highest BCUT2D eigenvalue weighted by Crippen LogP contribution is 2.34. The largest absolute Gasteiger partial charge is 0.496 e. The zero-order valence-corrected chi connectivity index (χ0v) is 21.9. The molecule has 0 spiro atoms. The van der Waals surface area contributed by atoms with Crippen molar-refractivity contribution in [1.29, 1.82) is 0 Å². The van der Waals surface area contributed by atoms with E-state index in [1.54, 1.807) is 54.6 Å². The molecule has 0 bridgehead atoms. The summed E-state index contributed by atoms with van der Waals surface area (Å²) >= 11 is 6.60. The highest BCUT2D eigenvalue weighted by atomic mass is 35.5. The average Bonchev–Trinajstić information content (AvgIpc) is 3.41. The van der Waals surface area contributed by atoms with Crippen molar-refractivity contribution in [3.05, 3.63) is 82.4 Å². The predicted molar refractivity (Wildman–Crippen MR) is 145 cm³/mol. The van der Waals surface area contributed by atoms with Crippen molar-refractivity contribution in [2.45, 2.75) is 44.3 Å². The van der Waals surface area contributed by atoms with Crippen LogP contribution in [0.3, 0.4) is 0 Å². The number of ether oxygens (including phenoxy) is 3. The van der Waals surface area contributed by atoms with Gasteiger partial charge in [0.1, 0.15) is 5.75 Å². The molecule has 3 N–H and O–H groups in total. The maximum absolute atomic E-state index is 13.8. The molecule has 0 unspecified atom stereocenters. The maximum Gasteiger partial charge on any atom is 0.259 e. The van der Waals surface area contributed by atoms with Gasteiger partial charge in [-0.25, -0.2) is 0 Å². The summed E-state index contributed by atoms with van der Waals surface area (Å²) in [4.78, 5) is 28.6. The molecule has 8 nitrogen and oxygen atoms in total. The van der Waals surface area contributed by atoms with Crippen molar-refractivity contribution in [2.75, 3.05) is 19.2 Å². The Hall–Kier alpha value is -3.75. The van der Waals surface area contributed by atoms with E-state index >= 15 is 0 Å². The number of hydrogen-bond donors (Lipinski definition) is 2. The van der Waals surface area contributed by atoms with Gasteiger partial charge in [0, 0.05) is 34.9 Å². The number of para-hydroxylation sites is 1. The average molecular weight is 536 g/mol. The minimum atomic E-state index is -0.301. The minimum absolute atomic E-state index is 0.00983. The molecule has 1 aliphatic heterocycles. The smallest absolute Gasteiger partial charge is 0.259 e. The number of carbonyl (C=O) groups excluding carboxylic acids is 2. The number of halogens is 1. The molecule has 1 aliphatic carbocycles. The molecule has 2 aliphatic rings. The van der Waals surface area contributed by atoms with E-state index < -0.39 is 0 Å². The van der Waals surface area contributed by atoms with Crippen molar-refractivity contribution in [3.8, 4) is 17.2 Å². The molecule has 0 saturated heterocycles. The first-order valence-electron chi connectivity index (χ1n) is 12.6. The first-order chi connectivity index (χ1) is 18.4. The van der Waals surface area contributed by atoms with E-state index in [1.807, 2.05) is 11.0 Å². The molecule has 1 saturated carbocycles. The number of nitrogens with zero attached hydrogens (tertiary/aromatic N) is 1. The Balaban J connectivity index is 1.41. The summed E-state index contributed by atoms with van der Waals surface area (Å²) in [6.07, 6.45) is 3.30. The van der Waals surface area contributed by atoms with Gasteiger partial charge in [-0.2, -0.15) is 0 Å². The fourth-order valence-electron chi connectivity index (χ4n) is 4.96. The molecule has 3 aromatic rings. The Bertz CT molecular complexity index is 1340. The zero-order valence-electron chi connectivity index (χ0n) is 21.1. The molecular weight excluding hydrogens is 506 g/mol. The second kappa shape index (κ2) is 11.3. The molecule has 2 amide bonds. The summed E-state index contributed by atoms with van der Waals surface area (Å²) in [7, 11) is 1.52. The van der Waals surface area contributed by atoms with Crippen molar-refractivity contribution in [3.63, 3.8) is 0 Å². The lowest BCUT2D eigenvalue weighted by Gasteiger charge is -2.36. The van der Waals surface area contributed by atoms with Gasteiger partial charge < -0.3 is 30.2 Å². The van der Waals surface area contributed by atoms with E-state index in [0.717, 1.165) is 31.2 Å². The van der Waals surface area contributed by atoms with E-state index in [4.69, 9.17) is 31.5 Å². The summed E-state index contributed by atoms with van der Waals surface area (Å²) < 4.78 is 16.2. The van der Waals surface area contributed by atoms with Crippen molar-refractivity contribution < 1.29 is 23.8 Å². The SMILES string of the molecule is COc1ccccc1C(=O)Nc1ccc(Cl)c(CN(C(=O)c2ccc3c(c2)OCO3)C2CCC(N)CC2)c1. The molecule has 38 heavy (non-hydrogen) atoms. The second-order valence-corrected chi connectivity index (χ2v) is 9.94. The molecule has 198 valence electrons. The molecular formula is C29H30ClN3O5. The van der Waals surface area contributed by atoms with Crippen LogP contribution in [-0.4, -0.2) is 42.7 Å². The lowest BCUT2D eigenvalue weighted by Crippen LogP contribution is -2.43. The summed E-state index contributed by atoms with van der Waals surface area (Å²) in [6.45, 7) is 0.421. The van der Waals surface area contributed by atoms with Gasteiger partial charge >= 0.3 is 0 Å². The van der Waals surface area contributed by atoms with Crippen molar-refractivity contribution in [1.82, 2.24) is 4.90 Å². The number of nitrogens with two attached hydrogens (primary N) is 1. The highest BCUT2D eigenvalue weighted by Gasteiger charge is 2.30. The summed E-state index contributed by atoms with van der Waals surface area (Å²) in [6, 6.07) is 17.7. The third-order valence-corrected chi connectivity index (χ3v) is 7.43. The Morgan fingerprint density at radius 3 is 2.58 bits per heavy atom. The molecule has 0 aromatic heterocycles. The van der Waals surface area contributed by atoms with Crippen LogP contribution in [-0.2, 0) is 6.54 Å². The molecule has 9 heteroatoms. The molecule has 0 radical (unpaired) electrons. The van der Waals surface area contributed by atoms with Gasteiger partial charge in [0.25, 0.3) is 11.8 Å². The minimum Gasteiger partial charge on any atom is -0.496 e. The molecule has 3 aromatic carbocycles. The van der Waals surface area contributed by atoms with Gasteiger partial charge in [-0.1, -0.05) is 23.7 Å². The number of amides is 2. The lowest BCUT2D eigenvalue weighted by atomic mass is 9.90. The van der Waals surface area contributed by atoms with Crippen LogP contribution in [0.2, 0.25) is 5.02 Å². The van der Waals surface area contributed by atoms with Crippen LogP contribution in [0.15, 0.2) is 60.7 Å². The van der Waals surface area contributed by atoms with Crippen molar-refractivity contribution in [2.24, 2.45) is 5.73 Å². The molecule has 1 heterocycles. The maximum atomic E-state index is 13.8. The highest BCUT2D eigenvalue weighted by molar-refractivity contribution is 6.31. The van der Waals surface area contributed by atoms with Crippen LogP contribution in [0.25, 0.3) is 0 Å². The van der Waals surface area contributed by atoms with Crippen LogP contribution in [0.1, 0.15) is 52.0 Å². The monoisotopic (exact) mass is 535 g/mol. The third-order valence-electron chi connectivity index (χ3n) is 7.06. The lowest BCUT2D eigenvalue weighted by molar-refractivity contribution is 0.0606. The van der Waals surface area contributed by atoms with Crippen molar-refractivity contribution >= 4 is 29.1 Å². The van der Waals surface area contributed by atoms with Crippen LogP contribution in [0.5, 0.6) is 17.2 Å². The van der Waals surface area contributed by atoms with E-state index in [2.05, 4.69) is 5.32 Å². The van der Waals surface area contributed by atoms with Gasteiger partial charge in [0.2, 0.25) is 6.79 Å². The number of benzene rings is 3. The van der Waals surface area contributed by atoms with E-state index in [1.165, 1.54) is 7.11 Å². The van der Waals surface area contributed by atoms with E-state index in [0.29, 0.717) is 39.1 Å². The van der Waals surface area contributed by atoms with Crippen LogP contribution in [0.4, 0.5) is 5.69 Å². The Morgan fingerprint density at radius 1 is 1.03 bits per heavy atom. The molecule has 1 fully saturated rings. The van der Waals surface area contributed by atoms with Gasteiger partial charge in [-0.05, 0) is 79.8 Å². The van der Waals surface area contributed by atoms with Crippen LogP contribution < -0.4 is 25.3 Å². The summed E-state index contributed by atoms with van der Waals surface area (Å²) in [5, 5.41) is 3.43. The van der Waals surface area contributed by atoms with E-state index in [-0.39, 0.29) is 37.2 Å². The Morgan fingerprint density at radius 2 is 1.79 bits per heavy atom. The Kier molecular flexibility index (Phi) is 7.72. The number of rotatable bonds is 7. The van der Waals surface area contributed by atoms with Gasteiger partial charge in [-0.3, -0.25) is 9.59 Å². The number of fused-ring (bicyclic) bond motifs is 1. The van der Waals surface area contributed by atoms with Gasteiger partial charge in [0.15, 0.2) is 11.5 Å². The normalized spacial score (nSPS) is 18.1. The van der Waals surface area contributed by atoms with Crippen LogP contribution >= 0.6 is 11.6 Å². The summed E-state index contributed by atoms with van der Waals surface area (Å²) in [5.74, 6) is 1.24. The van der Waals surface area contributed by atoms with E-state index in [9.17, 15) is 9.59 Å². The second-order valence-electron chi connectivity index (χ2n) is 9.53. The number of hydrogen-bond acceptors (Lipinski definition) is 6. The van der Waals surface area contributed by atoms with Gasteiger partial charge in [0.05, 0.1) is 12.7 Å². The third kappa shape index (κ3) is 5.56. The number of anilines is 1. The Labute approximate surface area is 226 Å². The topological polar surface area (TPSA) is 103 Å². The standard InChI is InChI=1S/C29H30ClN3O5/c1-36-25-5-3-2-4-23(25)28(34)32-21-9-12-24(30)19(14-21)16-33(22-10-7-20(31)8-11-22)29(35)18-6-13-26-27(15-18)38-17-37-26/h2-6,9,12-15,20,22H,7-8,10-11,16-17,31H2,1H3,(H,32,34). The fourth-order valence-corrected chi connectivity index (χ4v) is 5.14. The molecule has 5 rings (SSSR count). The summed E-state index contributed by atoms with van der Waals surface area (Å²) in [5.41, 5.74) is 8.39. The first kappa shape index (κ1) is 25.9. The predicted octanol–water partition coefficient (Wildman–Crippen LogP) is 5.24. The number of methoxy groups -OCH3 is 1. The van der Waals surface area contributed by atoms with Gasteiger partial charge in [-0.15, -0.1) is 0 Å². The molecule has 0 atom stereocenters. The number of carbonyl (C=O) groups is 2. The first-order valence-corrected chi connectivity index (χ1v) is 13.0. The van der Waals surface area contributed by atoms with Crippen LogP contribution in [0, 0.1) is 0 Å².